The van der Waals surface area contributed by atoms with Crippen molar-refractivity contribution in [3.05, 3.63) is 28.7 Å². The van der Waals surface area contributed by atoms with Crippen LogP contribution in [0.25, 0.3) is 0 Å². The molecule has 1 aliphatic rings. The van der Waals surface area contributed by atoms with Gasteiger partial charge in [-0.1, -0.05) is 22.0 Å². The van der Waals surface area contributed by atoms with Gasteiger partial charge in [-0.25, -0.2) is 0 Å². The zero-order valence-corrected chi connectivity index (χ0v) is 11.8. The van der Waals surface area contributed by atoms with Crippen LogP contribution in [0.3, 0.4) is 0 Å². The number of hydrogen-bond donors (Lipinski definition) is 2. The minimum Gasteiger partial charge on any atom is -0.484 e. The van der Waals surface area contributed by atoms with Crippen molar-refractivity contribution in [2.75, 3.05) is 13.2 Å². The van der Waals surface area contributed by atoms with Gasteiger partial charge in [-0.15, -0.1) is 0 Å². The van der Waals surface area contributed by atoms with Gasteiger partial charge in [-0.2, -0.15) is 0 Å². The smallest absolute Gasteiger partial charge is 0.311 e. The fraction of sp³-hybridized carbons (Fsp3) is 0.385. The Morgan fingerprint density at radius 3 is 2.74 bits per heavy atom. The second-order valence-corrected chi connectivity index (χ2v) is 5.52. The van der Waals surface area contributed by atoms with E-state index in [2.05, 4.69) is 21.2 Å². The summed E-state index contributed by atoms with van der Waals surface area (Å²) < 4.78 is 6.17. The molecule has 0 saturated heterocycles. The van der Waals surface area contributed by atoms with Gasteiger partial charge in [-0.05, 0) is 31.0 Å². The first-order valence-electron chi connectivity index (χ1n) is 5.90. The lowest BCUT2D eigenvalue weighted by atomic mass is 10.1. The Labute approximate surface area is 119 Å². The van der Waals surface area contributed by atoms with E-state index in [4.69, 9.17) is 9.84 Å². The van der Waals surface area contributed by atoms with Crippen LogP contribution in [0.5, 0.6) is 5.75 Å². The molecule has 0 unspecified atom stereocenters. The largest absolute Gasteiger partial charge is 0.484 e. The van der Waals surface area contributed by atoms with Gasteiger partial charge in [-0.3, -0.25) is 9.59 Å². The zero-order valence-electron chi connectivity index (χ0n) is 10.2. The summed E-state index contributed by atoms with van der Waals surface area (Å²) in [5.41, 5.74) is -0.745. The molecule has 0 atom stereocenters. The normalized spacial score (nSPS) is 15.6. The van der Waals surface area contributed by atoms with E-state index in [0.717, 1.165) is 4.47 Å². The minimum absolute atomic E-state index is 0.119. The van der Waals surface area contributed by atoms with Crippen molar-refractivity contribution < 1.29 is 19.4 Å². The number of carbonyl (C=O) groups is 2. The number of nitrogens with one attached hydrogen (secondary N) is 1. The van der Waals surface area contributed by atoms with Crippen LogP contribution in [0, 0.1) is 5.41 Å². The summed E-state index contributed by atoms with van der Waals surface area (Å²) in [7, 11) is 0. The highest BCUT2D eigenvalue weighted by Gasteiger charge is 2.50. The van der Waals surface area contributed by atoms with E-state index in [1.165, 1.54) is 0 Å². The van der Waals surface area contributed by atoms with Crippen LogP contribution in [0.4, 0.5) is 0 Å². The molecule has 1 saturated carbocycles. The highest BCUT2D eigenvalue weighted by Crippen LogP contribution is 2.45. The summed E-state index contributed by atoms with van der Waals surface area (Å²) in [6.45, 7) is 0.0508. The quantitative estimate of drug-likeness (QED) is 0.835. The Bertz CT molecular complexity index is 499. The van der Waals surface area contributed by atoms with Gasteiger partial charge >= 0.3 is 5.97 Å². The Kier molecular flexibility index (Phi) is 4.09. The van der Waals surface area contributed by atoms with E-state index in [1.807, 2.05) is 6.07 Å². The summed E-state index contributed by atoms with van der Waals surface area (Å²) in [4.78, 5) is 22.5. The van der Waals surface area contributed by atoms with E-state index in [9.17, 15) is 9.59 Å². The molecule has 1 fully saturated rings. The third-order valence-corrected chi connectivity index (χ3v) is 3.59. The molecule has 19 heavy (non-hydrogen) atoms. The zero-order chi connectivity index (χ0) is 13.9. The third kappa shape index (κ3) is 3.70. The number of carbonyl (C=O) groups excluding carboxylic acids is 1. The number of benzene rings is 1. The van der Waals surface area contributed by atoms with Gasteiger partial charge in [0.05, 0.1) is 5.41 Å². The number of amides is 1. The van der Waals surface area contributed by atoms with Crippen LogP contribution in [-0.4, -0.2) is 30.1 Å². The molecular formula is C13H14BrNO4. The molecule has 1 aromatic rings. The molecule has 1 aromatic carbocycles. The fourth-order valence-electron chi connectivity index (χ4n) is 1.64. The molecular weight excluding hydrogens is 314 g/mol. The second kappa shape index (κ2) is 5.61. The molecule has 102 valence electrons. The van der Waals surface area contributed by atoms with Crippen LogP contribution in [-0.2, 0) is 9.59 Å². The number of ether oxygens (including phenoxy) is 1. The maximum absolute atomic E-state index is 11.6. The lowest BCUT2D eigenvalue weighted by molar-refractivity contribution is -0.143. The number of carboxylic acids is 1. The highest BCUT2D eigenvalue weighted by molar-refractivity contribution is 9.10. The molecule has 2 rings (SSSR count). The van der Waals surface area contributed by atoms with Crippen LogP contribution in [0.2, 0.25) is 0 Å². The van der Waals surface area contributed by atoms with Crippen molar-refractivity contribution in [3.8, 4) is 5.75 Å². The molecule has 1 aliphatic carbocycles. The van der Waals surface area contributed by atoms with E-state index in [0.29, 0.717) is 18.6 Å². The predicted molar refractivity (Wildman–Crippen MR) is 71.9 cm³/mol. The molecule has 1 amide bonds. The number of hydrogen-bond acceptors (Lipinski definition) is 3. The van der Waals surface area contributed by atoms with Crippen molar-refractivity contribution in [2.24, 2.45) is 5.41 Å². The molecule has 0 aromatic heterocycles. The summed E-state index contributed by atoms with van der Waals surface area (Å²) in [6, 6.07) is 7.17. The van der Waals surface area contributed by atoms with Gasteiger partial charge in [0.15, 0.2) is 6.61 Å². The molecule has 0 radical (unpaired) electrons. The second-order valence-electron chi connectivity index (χ2n) is 4.61. The minimum atomic E-state index is -0.847. The molecule has 0 bridgehead atoms. The first-order valence-corrected chi connectivity index (χ1v) is 6.70. The van der Waals surface area contributed by atoms with Gasteiger partial charge in [0.1, 0.15) is 5.75 Å². The lowest BCUT2D eigenvalue weighted by Crippen LogP contribution is -2.36. The Morgan fingerprint density at radius 2 is 2.16 bits per heavy atom. The third-order valence-electron chi connectivity index (χ3n) is 3.10. The molecule has 0 spiro atoms. The average molecular weight is 328 g/mol. The maximum Gasteiger partial charge on any atom is 0.311 e. The van der Waals surface area contributed by atoms with Crippen molar-refractivity contribution in [3.63, 3.8) is 0 Å². The molecule has 2 N–H and O–H groups in total. The topological polar surface area (TPSA) is 75.6 Å². The van der Waals surface area contributed by atoms with Gasteiger partial charge in [0.25, 0.3) is 5.91 Å². The maximum atomic E-state index is 11.6. The van der Waals surface area contributed by atoms with Crippen LogP contribution in [0.15, 0.2) is 28.7 Å². The van der Waals surface area contributed by atoms with Gasteiger partial charge < -0.3 is 15.2 Å². The van der Waals surface area contributed by atoms with Crippen molar-refractivity contribution in [1.82, 2.24) is 5.32 Å². The van der Waals surface area contributed by atoms with Crippen molar-refractivity contribution in [2.45, 2.75) is 12.8 Å². The SMILES string of the molecule is O=C(COc1cccc(Br)c1)NCC1(C(=O)O)CC1. The molecule has 5 nitrogen and oxygen atoms in total. The summed E-state index contributed by atoms with van der Waals surface area (Å²) in [5, 5.41) is 11.6. The summed E-state index contributed by atoms with van der Waals surface area (Å²) in [6.07, 6.45) is 1.24. The Morgan fingerprint density at radius 1 is 1.42 bits per heavy atom. The van der Waals surface area contributed by atoms with Crippen molar-refractivity contribution in [1.29, 1.82) is 0 Å². The summed E-state index contributed by atoms with van der Waals surface area (Å²) in [5.74, 6) is -0.572. The van der Waals surface area contributed by atoms with Crippen molar-refractivity contribution >= 4 is 27.8 Å². The Hall–Kier alpha value is -1.56. The van der Waals surface area contributed by atoms with E-state index < -0.39 is 11.4 Å². The van der Waals surface area contributed by atoms with Crippen LogP contribution >= 0.6 is 15.9 Å². The molecule has 6 heteroatoms. The number of rotatable bonds is 6. The first-order chi connectivity index (χ1) is 9.02. The molecule has 0 heterocycles. The average Bonchev–Trinajstić information content (AvgIpc) is 3.15. The van der Waals surface area contributed by atoms with Crippen LogP contribution < -0.4 is 10.1 Å². The molecule has 0 aliphatic heterocycles. The van der Waals surface area contributed by atoms with E-state index >= 15 is 0 Å². The van der Waals surface area contributed by atoms with Gasteiger partial charge in [0, 0.05) is 11.0 Å². The predicted octanol–water partition coefficient (Wildman–Crippen LogP) is 1.81. The number of aliphatic carboxylic acids is 1. The van der Waals surface area contributed by atoms with E-state index in [-0.39, 0.29) is 19.1 Å². The number of carboxylic acid groups (broad SMARTS) is 1. The Balaban J connectivity index is 1.75. The van der Waals surface area contributed by atoms with Gasteiger partial charge in [0.2, 0.25) is 0 Å². The first kappa shape index (κ1) is 13.9. The summed E-state index contributed by atoms with van der Waals surface area (Å²) >= 11 is 3.30. The monoisotopic (exact) mass is 327 g/mol. The lowest BCUT2D eigenvalue weighted by Gasteiger charge is -2.11. The fourth-order valence-corrected chi connectivity index (χ4v) is 2.02. The standard InChI is InChI=1S/C13H14BrNO4/c14-9-2-1-3-10(6-9)19-7-11(16)15-8-13(4-5-13)12(17)18/h1-3,6H,4-5,7-8H2,(H,15,16)(H,17,18). The van der Waals surface area contributed by atoms with E-state index in [1.54, 1.807) is 18.2 Å². The van der Waals surface area contributed by atoms with Crippen LogP contribution in [0.1, 0.15) is 12.8 Å². The number of halogens is 1. The highest BCUT2D eigenvalue weighted by atomic mass is 79.9.